The van der Waals surface area contributed by atoms with Gasteiger partial charge in [-0.15, -0.1) is 0 Å². The van der Waals surface area contributed by atoms with Crippen LogP contribution in [0.15, 0.2) is 10.7 Å². The minimum Gasteiger partial charge on any atom is -0.369 e. The van der Waals surface area contributed by atoms with Crippen LogP contribution in [-0.4, -0.2) is 16.5 Å². The summed E-state index contributed by atoms with van der Waals surface area (Å²) in [4.78, 5) is 8.32. The maximum absolute atomic E-state index is 5.31. The Morgan fingerprint density at radius 3 is 3.06 bits per heavy atom. The molecule has 5 nitrogen and oxygen atoms in total. The smallest absolute Gasteiger partial charge is 0.239 e. The van der Waals surface area contributed by atoms with E-state index < -0.39 is 0 Å². The molecule has 100 valence electrons. The maximum Gasteiger partial charge on any atom is 0.239 e. The van der Waals surface area contributed by atoms with Crippen molar-refractivity contribution in [1.29, 1.82) is 0 Å². The number of nitrogen functional groups attached to an aromatic ring is 1. The van der Waals surface area contributed by atoms with Crippen LogP contribution in [0, 0.1) is 11.8 Å². The second-order valence-corrected chi connectivity index (χ2v) is 5.91. The molecule has 2 atom stereocenters. The Bertz CT molecular complexity index is 398. The highest BCUT2D eigenvalue weighted by atomic mass is 79.9. The molecule has 1 saturated carbocycles. The summed E-state index contributed by atoms with van der Waals surface area (Å²) in [7, 11) is 0. The summed E-state index contributed by atoms with van der Waals surface area (Å²) in [5, 5.41) is 3.38. The largest absolute Gasteiger partial charge is 0.369 e. The van der Waals surface area contributed by atoms with Crippen LogP contribution in [0.2, 0.25) is 0 Å². The van der Waals surface area contributed by atoms with Crippen molar-refractivity contribution in [2.75, 3.05) is 17.3 Å². The van der Waals surface area contributed by atoms with E-state index in [2.05, 4.69) is 43.6 Å². The van der Waals surface area contributed by atoms with E-state index >= 15 is 0 Å². The molecule has 1 fully saturated rings. The number of nitrogens with two attached hydrogens (primary N) is 1. The molecule has 0 bridgehead atoms. The Labute approximate surface area is 116 Å². The Morgan fingerprint density at radius 2 is 2.33 bits per heavy atom. The number of halogens is 1. The summed E-state index contributed by atoms with van der Waals surface area (Å²) in [5.41, 5.74) is 2.46. The fourth-order valence-corrected chi connectivity index (χ4v) is 2.88. The molecular weight excluding hydrogens is 294 g/mol. The van der Waals surface area contributed by atoms with E-state index in [9.17, 15) is 0 Å². The predicted octanol–water partition coefficient (Wildman–Crippen LogP) is 2.76. The van der Waals surface area contributed by atoms with E-state index in [-0.39, 0.29) is 0 Å². The third kappa shape index (κ3) is 3.55. The molecule has 2 unspecified atom stereocenters. The lowest BCUT2D eigenvalue weighted by Gasteiger charge is -2.27. The van der Waals surface area contributed by atoms with E-state index in [0.29, 0.717) is 5.95 Å². The number of hydrazine groups is 1. The zero-order valence-electron chi connectivity index (χ0n) is 10.6. The average molecular weight is 314 g/mol. The van der Waals surface area contributed by atoms with Gasteiger partial charge in [0.25, 0.3) is 0 Å². The molecular formula is C12H20BrN5. The minimum absolute atomic E-state index is 0.428. The lowest BCUT2D eigenvalue weighted by molar-refractivity contribution is 0.293. The molecule has 18 heavy (non-hydrogen) atoms. The molecule has 2 rings (SSSR count). The highest BCUT2D eigenvalue weighted by Crippen LogP contribution is 2.29. The standard InChI is InChI=1S/C12H20BrN5/c1-8-3-2-4-9(5-8)6-15-11-10(13)7-16-12(17-11)18-14/h7-9H,2-6,14H2,1H3,(H2,15,16,17,18). The van der Waals surface area contributed by atoms with Gasteiger partial charge in [-0.3, -0.25) is 5.43 Å². The summed E-state index contributed by atoms with van der Waals surface area (Å²) in [6, 6.07) is 0. The van der Waals surface area contributed by atoms with Gasteiger partial charge in [-0.1, -0.05) is 19.8 Å². The molecule has 1 aliphatic rings. The zero-order chi connectivity index (χ0) is 13.0. The number of hydrogen-bond donors (Lipinski definition) is 3. The van der Waals surface area contributed by atoms with Crippen LogP contribution in [0.1, 0.15) is 32.6 Å². The molecule has 1 aliphatic carbocycles. The second kappa shape index (κ2) is 6.33. The van der Waals surface area contributed by atoms with Crippen LogP contribution in [0.5, 0.6) is 0 Å². The van der Waals surface area contributed by atoms with Gasteiger partial charge >= 0.3 is 0 Å². The van der Waals surface area contributed by atoms with Crippen molar-refractivity contribution < 1.29 is 0 Å². The highest BCUT2D eigenvalue weighted by Gasteiger charge is 2.19. The summed E-state index contributed by atoms with van der Waals surface area (Å²) in [6.45, 7) is 3.30. The van der Waals surface area contributed by atoms with E-state index in [4.69, 9.17) is 5.84 Å². The number of rotatable bonds is 4. The van der Waals surface area contributed by atoms with Crippen molar-refractivity contribution in [2.45, 2.75) is 32.6 Å². The van der Waals surface area contributed by atoms with Crippen LogP contribution in [0.25, 0.3) is 0 Å². The lowest BCUT2D eigenvalue weighted by Crippen LogP contribution is -2.22. The van der Waals surface area contributed by atoms with Crippen molar-refractivity contribution in [3.63, 3.8) is 0 Å². The van der Waals surface area contributed by atoms with Gasteiger partial charge in [0.2, 0.25) is 5.95 Å². The van der Waals surface area contributed by atoms with Gasteiger partial charge in [0.05, 0.1) is 4.47 Å². The molecule has 0 aliphatic heterocycles. The van der Waals surface area contributed by atoms with Gasteiger partial charge in [-0.25, -0.2) is 10.8 Å². The Hall–Kier alpha value is -0.880. The summed E-state index contributed by atoms with van der Waals surface area (Å²) >= 11 is 3.44. The van der Waals surface area contributed by atoms with E-state index in [1.54, 1.807) is 6.20 Å². The summed E-state index contributed by atoms with van der Waals surface area (Å²) in [5.74, 6) is 8.13. The van der Waals surface area contributed by atoms with Gasteiger partial charge in [0, 0.05) is 12.7 Å². The SMILES string of the molecule is CC1CCCC(CNc2nc(NN)ncc2Br)C1. The normalized spacial score (nSPS) is 23.7. The number of aromatic nitrogens is 2. The molecule has 4 N–H and O–H groups in total. The molecule has 1 aromatic rings. The average Bonchev–Trinajstić information content (AvgIpc) is 2.38. The van der Waals surface area contributed by atoms with Gasteiger partial charge in [-0.05, 0) is 40.6 Å². The summed E-state index contributed by atoms with van der Waals surface area (Å²) in [6.07, 6.45) is 7.02. The third-order valence-corrected chi connectivity index (χ3v) is 4.06. The van der Waals surface area contributed by atoms with Crippen molar-refractivity contribution in [3.8, 4) is 0 Å². The van der Waals surface area contributed by atoms with Crippen LogP contribution in [-0.2, 0) is 0 Å². The van der Waals surface area contributed by atoms with Crippen LogP contribution < -0.4 is 16.6 Å². The minimum atomic E-state index is 0.428. The molecule has 0 amide bonds. The Kier molecular flexibility index (Phi) is 4.77. The maximum atomic E-state index is 5.31. The van der Waals surface area contributed by atoms with Crippen molar-refractivity contribution in [2.24, 2.45) is 17.7 Å². The zero-order valence-corrected chi connectivity index (χ0v) is 12.2. The molecule has 0 saturated heterocycles. The molecule has 0 radical (unpaired) electrons. The van der Waals surface area contributed by atoms with Crippen LogP contribution >= 0.6 is 15.9 Å². The van der Waals surface area contributed by atoms with Gasteiger partial charge in [0.1, 0.15) is 5.82 Å². The molecule has 0 spiro atoms. The first-order valence-electron chi connectivity index (χ1n) is 6.42. The quantitative estimate of drug-likeness (QED) is 0.588. The second-order valence-electron chi connectivity index (χ2n) is 5.05. The number of anilines is 2. The van der Waals surface area contributed by atoms with Crippen molar-refractivity contribution >= 4 is 27.7 Å². The number of nitrogens with one attached hydrogen (secondary N) is 2. The first-order valence-corrected chi connectivity index (χ1v) is 7.21. The number of nitrogens with zero attached hydrogens (tertiary/aromatic N) is 2. The van der Waals surface area contributed by atoms with E-state index in [1.165, 1.54) is 25.7 Å². The molecule has 0 aromatic carbocycles. The summed E-state index contributed by atoms with van der Waals surface area (Å²) < 4.78 is 0.866. The van der Waals surface area contributed by atoms with Crippen molar-refractivity contribution in [1.82, 2.24) is 9.97 Å². The number of hydrogen-bond acceptors (Lipinski definition) is 5. The molecule has 1 aromatic heterocycles. The van der Waals surface area contributed by atoms with Crippen LogP contribution in [0.3, 0.4) is 0 Å². The van der Waals surface area contributed by atoms with Crippen LogP contribution in [0.4, 0.5) is 11.8 Å². The monoisotopic (exact) mass is 313 g/mol. The van der Waals surface area contributed by atoms with Gasteiger partial charge < -0.3 is 5.32 Å². The highest BCUT2D eigenvalue weighted by molar-refractivity contribution is 9.10. The van der Waals surface area contributed by atoms with E-state index in [1.807, 2.05) is 0 Å². The van der Waals surface area contributed by atoms with Crippen molar-refractivity contribution in [3.05, 3.63) is 10.7 Å². The molecule has 6 heteroatoms. The Balaban J connectivity index is 1.92. The first-order chi connectivity index (χ1) is 8.69. The van der Waals surface area contributed by atoms with E-state index in [0.717, 1.165) is 28.7 Å². The molecule has 1 heterocycles. The third-order valence-electron chi connectivity index (χ3n) is 3.48. The Morgan fingerprint density at radius 1 is 1.50 bits per heavy atom. The lowest BCUT2D eigenvalue weighted by atomic mass is 9.82. The topological polar surface area (TPSA) is 75.9 Å². The fourth-order valence-electron chi connectivity index (χ4n) is 2.55. The fraction of sp³-hybridized carbons (Fsp3) is 0.667. The van der Waals surface area contributed by atoms with Gasteiger partial charge in [0.15, 0.2) is 0 Å². The first kappa shape index (κ1) is 13.5. The predicted molar refractivity (Wildman–Crippen MR) is 77.2 cm³/mol. The van der Waals surface area contributed by atoms with Gasteiger partial charge in [-0.2, -0.15) is 4.98 Å².